The number of benzene rings is 2. The average molecular weight is 303 g/mol. The quantitative estimate of drug-likeness (QED) is 0.722. The van der Waals surface area contributed by atoms with Crippen LogP contribution in [0.4, 0.5) is 0 Å². The standard InChI is InChI=1S/C18H19ClO2/c1-18(2,3)14-8-5-12(6-9-14)15-10-7-13(11-16(15)19)17(20)21-4/h5-11H,1-4H3. The van der Waals surface area contributed by atoms with Gasteiger partial charge in [-0.3, -0.25) is 0 Å². The lowest BCUT2D eigenvalue weighted by Crippen LogP contribution is -2.10. The van der Waals surface area contributed by atoms with Gasteiger partial charge in [0.05, 0.1) is 12.7 Å². The van der Waals surface area contributed by atoms with Crippen LogP contribution in [0.1, 0.15) is 36.7 Å². The Morgan fingerprint density at radius 1 is 1.05 bits per heavy atom. The first-order valence-electron chi connectivity index (χ1n) is 6.81. The van der Waals surface area contributed by atoms with Gasteiger partial charge in [0.15, 0.2) is 0 Å². The third-order valence-electron chi connectivity index (χ3n) is 3.45. The van der Waals surface area contributed by atoms with E-state index >= 15 is 0 Å². The number of hydrogen-bond acceptors (Lipinski definition) is 2. The summed E-state index contributed by atoms with van der Waals surface area (Å²) in [5.41, 5.74) is 3.79. The Kier molecular flexibility index (Phi) is 4.38. The van der Waals surface area contributed by atoms with E-state index in [4.69, 9.17) is 16.3 Å². The van der Waals surface area contributed by atoms with Crippen molar-refractivity contribution in [1.29, 1.82) is 0 Å². The predicted octanol–water partition coefficient (Wildman–Crippen LogP) is 5.09. The Morgan fingerprint density at radius 2 is 1.67 bits per heavy atom. The van der Waals surface area contributed by atoms with Gasteiger partial charge in [-0.2, -0.15) is 0 Å². The highest BCUT2D eigenvalue weighted by Gasteiger charge is 2.14. The SMILES string of the molecule is COC(=O)c1ccc(-c2ccc(C(C)(C)C)cc2)c(Cl)c1. The molecule has 0 atom stereocenters. The molecule has 2 aromatic rings. The highest BCUT2D eigenvalue weighted by Crippen LogP contribution is 2.31. The lowest BCUT2D eigenvalue weighted by atomic mass is 9.86. The van der Waals surface area contributed by atoms with E-state index in [9.17, 15) is 4.79 Å². The number of halogens is 1. The van der Waals surface area contributed by atoms with Gasteiger partial charge in [-0.15, -0.1) is 0 Å². The van der Waals surface area contributed by atoms with E-state index in [-0.39, 0.29) is 11.4 Å². The van der Waals surface area contributed by atoms with E-state index in [0.29, 0.717) is 10.6 Å². The molecule has 0 bridgehead atoms. The van der Waals surface area contributed by atoms with Gasteiger partial charge in [0.1, 0.15) is 0 Å². The Morgan fingerprint density at radius 3 is 2.14 bits per heavy atom. The summed E-state index contributed by atoms with van der Waals surface area (Å²) >= 11 is 6.29. The smallest absolute Gasteiger partial charge is 0.337 e. The molecule has 0 radical (unpaired) electrons. The molecular formula is C18H19ClO2. The average Bonchev–Trinajstić information content (AvgIpc) is 2.45. The fourth-order valence-electron chi connectivity index (χ4n) is 2.14. The van der Waals surface area contributed by atoms with Crippen LogP contribution < -0.4 is 0 Å². The zero-order valence-corrected chi connectivity index (χ0v) is 13.5. The maximum absolute atomic E-state index is 11.5. The van der Waals surface area contributed by atoms with E-state index in [1.54, 1.807) is 12.1 Å². The molecule has 0 saturated carbocycles. The monoisotopic (exact) mass is 302 g/mol. The second kappa shape index (κ2) is 5.90. The molecule has 0 aliphatic rings. The van der Waals surface area contributed by atoms with E-state index < -0.39 is 0 Å². The van der Waals surface area contributed by atoms with Crippen molar-refractivity contribution in [3.63, 3.8) is 0 Å². The molecule has 0 amide bonds. The van der Waals surface area contributed by atoms with Gasteiger partial charge >= 0.3 is 5.97 Å². The fraction of sp³-hybridized carbons (Fsp3) is 0.278. The zero-order valence-electron chi connectivity index (χ0n) is 12.7. The first-order valence-corrected chi connectivity index (χ1v) is 7.19. The van der Waals surface area contributed by atoms with Crippen LogP contribution in [0.25, 0.3) is 11.1 Å². The molecule has 2 aromatic carbocycles. The molecule has 2 rings (SSSR count). The Labute approximate surface area is 130 Å². The van der Waals surface area contributed by atoms with Gasteiger partial charge in [-0.05, 0) is 28.7 Å². The van der Waals surface area contributed by atoms with Crippen LogP contribution in [-0.2, 0) is 10.2 Å². The van der Waals surface area contributed by atoms with E-state index in [1.165, 1.54) is 12.7 Å². The van der Waals surface area contributed by atoms with Crippen molar-refractivity contribution in [3.8, 4) is 11.1 Å². The summed E-state index contributed by atoms with van der Waals surface area (Å²) in [5.74, 6) is -0.383. The van der Waals surface area contributed by atoms with E-state index in [0.717, 1.165) is 11.1 Å². The number of esters is 1. The molecule has 0 N–H and O–H groups in total. The molecule has 0 aliphatic heterocycles. The molecule has 0 spiro atoms. The minimum atomic E-state index is -0.383. The second-order valence-corrected chi connectivity index (χ2v) is 6.42. The highest BCUT2D eigenvalue weighted by atomic mass is 35.5. The van der Waals surface area contributed by atoms with Gasteiger partial charge in [0.2, 0.25) is 0 Å². The maximum atomic E-state index is 11.5. The lowest BCUT2D eigenvalue weighted by molar-refractivity contribution is 0.0601. The van der Waals surface area contributed by atoms with Crippen LogP contribution in [0.5, 0.6) is 0 Å². The summed E-state index contributed by atoms with van der Waals surface area (Å²) in [6, 6.07) is 13.5. The number of ether oxygens (including phenoxy) is 1. The van der Waals surface area contributed by atoms with Gasteiger partial charge in [-0.1, -0.05) is 62.7 Å². The van der Waals surface area contributed by atoms with E-state index in [2.05, 4.69) is 45.0 Å². The third kappa shape index (κ3) is 3.45. The van der Waals surface area contributed by atoms with E-state index in [1.807, 2.05) is 6.07 Å². The van der Waals surface area contributed by atoms with Gasteiger partial charge in [-0.25, -0.2) is 4.79 Å². The van der Waals surface area contributed by atoms with Crippen molar-refractivity contribution < 1.29 is 9.53 Å². The van der Waals surface area contributed by atoms with Gasteiger partial charge in [0.25, 0.3) is 0 Å². The van der Waals surface area contributed by atoms with Crippen LogP contribution in [0.15, 0.2) is 42.5 Å². The molecule has 21 heavy (non-hydrogen) atoms. The Bertz CT molecular complexity index is 652. The summed E-state index contributed by atoms with van der Waals surface area (Å²) in [6.45, 7) is 6.54. The molecule has 0 aliphatic carbocycles. The first-order chi connectivity index (χ1) is 9.82. The highest BCUT2D eigenvalue weighted by molar-refractivity contribution is 6.33. The minimum absolute atomic E-state index is 0.122. The van der Waals surface area contributed by atoms with Crippen LogP contribution in [0.3, 0.4) is 0 Å². The number of carbonyl (C=O) groups is 1. The molecule has 0 heterocycles. The molecular weight excluding hydrogens is 284 g/mol. The summed E-state index contributed by atoms with van der Waals surface area (Å²) in [4.78, 5) is 11.5. The normalized spacial score (nSPS) is 11.3. The molecule has 110 valence electrons. The van der Waals surface area contributed by atoms with Gasteiger partial charge in [0, 0.05) is 10.6 Å². The molecule has 0 saturated heterocycles. The minimum Gasteiger partial charge on any atom is -0.465 e. The molecule has 3 heteroatoms. The van der Waals surface area contributed by atoms with Crippen molar-refractivity contribution >= 4 is 17.6 Å². The third-order valence-corrected chi connectivity index (χ3v) is 3.76. The molecule has 0 unspecified atom stereocenters. The van der Waals surface area contributed by atoms with Crippen molar-refractivity contribution in [2.75, 3.05) is 7.11 Å². The summed E-state index contributed by atoms with van der Waals surface area (Å²) in [5, 5.41) is 0.543. The molecule has 0 aromatic heterocycles. The maximum Gasteiger partial charge on any atom is 0.337 e. The van der Waals surface area contributed by atoms with Crippen molar-refractivity contribution in [3.05, 3.63) is 58.6 Å². The fourth-order valence-corrected chi connectivity index (χ4v) is 2.43. The summed E-state index contributed by atoms with van der Waals surface area (Å²) in [6.07, 6.45) is 0. The number of carbonyl (C=O) groups excluding carboxylic acids is 1. The van der Waals surface area contributed by atoms with Gasteiger partial charge < -0.3 is 4.74 Å². The van der Waals surface area contributed by atoms with Crippen molar-refractivity contribution in [2.24, 2.45) is 0 Å². The van der Waals surface area contributed by atoms with Crippen LogP contribution >= 0.6 is 11.6 Å². The summed E-state index contributed by atoms with van der Waals surface area (Å²) < 4.78 is 4.69. The number of rotatable bonds is 2. The zero-order chi connectivity index (χ0) is 15.6. The first kappa shape index (κ1) is 15.6. The molecule has 0 fully saturated rings. The lowest BCUT2D eigenvalue weighted by Gasteiger charge is -2.19. The largest absolute Gasteiger partial charge is 0.465 e. The topological polar surface area (TPSA) is 26.3 Å². The predicted molar refractivity (Wildman–Crippen MR) is 86.9 cm³/mol. The second-order valence-electron chi connectivity index (χ2n) is 6.01. The Balaban J connectivity index is 2.36. The number of methoxy groups -OCH3 is 1. The van der Waals surface area contributed by atoms with Crippen LogP contribution in [0.2, 0.25) is 5.02 Å². The summed E-state index contributed by atoms with van der Waals surface area (Å²) in [7, 11) is 1.36. The van der Waals surface area contributed by atoms with Crippen molar-refractivity contribution in [2.45, 2.75) is 26.2 Å². The molecule has 2 nitrogen and oxygen atoms in total. The van der Waals surface area contributed by atoms with Crippen molar-refractivity contribution in [1.82, 2.24) is 0 Å². The Hall–Kier alpha value is -1.80. The number of hydrogen-bond donors (Lipinski definition) is 0. The van der Waals surface area contributed by atoms with Crippen LogP contribution in [-0.4, -0.2) is 13.1 Å². The van der Waals surface area contributed by atoms with Crippen LogP contribution in [0, 0.1) is 0 Å².